The molecule has 5 N–H and O–H groups in total. The molecule has 1 atom stereocenters. The predicted octanol–water partition coefficient (Wildman–Crippen LogP) is 2.66. The number of benzene rings is 1. The number of carbonyl (C=O) groups is 2. The average Bonchev–Trinajstić information content (AvgIpc) is 3.54. The number of nitrogens with two attached hydrogens (primary N) is 1. The molecule has 2 amide bonds. The third-order valence-corrected chi connectivity index (χ3v) is 5.98. The monoisotopic (exact) mass is 563 g/mol. The Morgan fingerprint density at radius 2 is 1.82 bits per heavy atom. The van der Waals surface area contributed by atoms with Crippen molar-refractivity contribution < 1.29 is 27.1 Å². The van der Waals surface area contributed by atoms with Crippen molar-refractivity contribution in [1.29, 1.82) is 0 Å². The van der Waals surface area contributed by atoms with Crippen molar-refractivity contribution in [2.75, 3.05) is 17.6 Å². The summed E-state index contributed by atoms with van der Waals surface area (Å²) in [6, 6.07) is 12.2. The van der Waals surface area contributed by atoms with Gasteiger partial charge >= 0.3 is 10.4 Å². The van der Waals surface area contributed by atoms with Gasteiger partial charge in [-0.1, -0.05) is 24.1 Å². The van der Waals surface area contributed by atoms with Gasteiger partial charge in [0.15, 0.2) is 0 Å². The molecule has 14 heteroatoms. The number of fused-ring (bicyclic) bond motifs is 1. The molecule has 1 aliphatic rings. The van der Waals surface area contributed by atoms with Crippen LogP contribution in [0.2, 0.25) is 0 Å². The predicted molar refractivity (Wildman–Crippen MR) is 146 cm³/mol. The van der Waals surface area contributed by atoms with Gasteiger partial charge in [-0.3, -0.25) is 23.1 Å². The van der Waals surface area contributed by atoms with Gasteiger partial charge in [0, 0.05) is 36.3 Å². The lowest BCUT2D eigenvalue weighted by atomic mass is 10.1. The molecule has 0 bridgehead atoms. The smallest absolute Gasteiger partial charge is 0.382 e. The molecule has 13 nitrogen and oxygen atoms in total. The Morgan fingerprint density at radius 3 is 2.48 bits per heavy atom. The molecule has 1 fully saturated rings. The number of anilines is 2. The SMILES string of the molecule is CC#CC(=O)N1CCC[C@H]1c1nc(-c2ccc(C(=O)Nc3ccccn3)cc2)c2c(N)nccn12.O=S(=O)(O)O. The fraction of sp³-hybridized carbons (Fsp3) is 0.192. The Bertz CT molecular complexity index is 1700. The van der Waals surface area contributed by atoms with Crippen LogP contribution in [0.1, 0.15) is 42.0 Å². The number of likely N-dealkylation sites (tertiary alicyclic amines) is 1. The van der Waals surface area contributed by atoms with Gasteiger partial charge in [-0.05, 0) is 50.0 Å². The number of amides is 2. The minimum atomic E-state index is -4.67. The number of nitrogen functional groups attached to an aromatic ring is 1. The van der Waals surface area contributed by atoms with Gasteiger partial charge in [0.25, 0.3) is 11.8 Å². The van der Waals surface area contributed by atoms with E-state index < -0.39 is 10.4 Å². The van der Waals surface area contributed by atoms with Crippen LogP contribution in [0.15, 0.2) is 61.1 Å². The maximum absolute atomic E-state index is 12.6. The molecule has 1 saturated heterocycles. The van der Waals surface area contributed by atoms with Gasteiger partial charge in [0.2, 0.25) is 0 Å². The highest BCUT2D eigenvalue weighted by molar-refractivity contribution is 7.79. The molecule has 1 aromatic carbocycles. The quantitative estimate of drug-likeness (QED) is 0.212. The Morgan fingerprint density at radius 1 is 1.10 bits per heavy atom. The first-order valence-corrected chi connectivity index (χ1v) is 13.3. The van der Waals surface area contributed by atoms with Crippen LogP contribution in [0.25, 0.3) is 16.8 Å². The number of nitrogens with zero attached hydrogens (tertiary/aromatic N) is 5. The summed E-state index contributed by atoms with van der Waals surface area (Å²) in [6.45, 7) is 2.28. The maximum atomic E-state index is 12.6. The first kappa shape index (κ1) is 28.2. The number of pyridine rings is 1. The van der Waals surface area contributed by atoms with Gasteiger partial charge in [-0.15, -0.1) is 0 Å². The molecule has 0 spiro atoms. The first-order chi connectivity index (χ1) is 19.1. The lowest BCUT2D eigenvalue weighted by Crippen LogP contribution is -2.30. The van der Waals surface area contributed by atoms with Crippen molar-refractivity contribution in [3.05, 3.63) is 72.4 Å². The number of rotatable bonds is 4. The summed E-state index contributed by atoms with van der Waals surface area (Å²) in [5.41, 5.74) is 8.84. The fourth-order valence-corrected chi connectivity index (χ4v) is 4.39. The Balaban J connectivity index is 0.000000681. The molecule has 1 aliphatic heterocycles. The van der Waals surface area contributed by atoms with Crippen LogP contribution < -0.4 is 11.1 Å². The van der Waals surface area contributed by atoms with E-state index >= 15 is 0 Å². The molecule has 4 aromatic rings. The van der Waals surface area contributed by atoms with Crippen LogP contribution in [0.5, 0.6) is 0 Å². The summed E-state index contributed by atoms with van der Waals surface area (Å²) < 4.78 is 33.5. The zero-order chi connectivity index (χ0) is 28.9. The molecule has 206 valence electrons. The van der Waals surface area contributed by atoms with Crippen molar-refractivity contribution in [3.63, 3.8) is 0 Å². The Hall–Kier alpha value is -4.84. The van der Waals surface area contributed by atoms with Crippen LogP contribution in [-0.2, 0) is 15.2 Å². The van der Waals surface area contributed by atoms with E-state index in [4.69, 9.17) is 28.2 Å². The number of hydrogen-bond acceptors (Lipinski definition) is 8. The first-order valence-electron chi connectivity index (χ1n) is 11.9. The normalized spacial score (nSPS) is 14.6. The summed E-state index contributed by atoms with van der Waals surface area (Å²) in [5, 5.41) is 2.77. The molecular weight excluding hydrogens is 538 g/mol. The second kappa shape index (κ2) is 11.9. The number of imidazole rings is 1. The van der Waals surface area contributed by atoms with Crippen molar-refractivity contribution in [1.82, 2.24) is 24.3 Å². The van der Waals surface area contributed by atoms with Gasteiger partial charge in [0.05, 0.1) is 6.04 Å². The summed E-state index contributed by atoms with van der Waals surface area (Å²) >= 11 is 0. The van der Waals surface area contributed by atoms with E-state index in [2.05, 4.69) is 27.1 Å². The average molecular weight is 564 g/mol. The standard InChI is InChI=1S/C26H23N7O2.H2O4S/c1-2-6-21(34)32-15-5-7-19(32)25-31-22(23-24(27)29-14-16-33(23)25)17-9-11-18(12-10-17)26(35)30-20-8-3-4-13-28-20;1-5(2,3)4/h3-4,8-14,16,19H,5,7,15H2,1H3,(H2,27,29)(H,28,30,35);(H2,1,2,3,4)/t19-;/m0./s1. The van der Waals surface area contributed by atoms with E-state index in [1.165, 1.54) is 0 Å². The largest absolute Gasteiger partial charge is 0.394 e. The van der Waals surface area contributed by atoms with Crippen molar-refractivity contribution >= 4 is 39.4 Å². The number of nitrogens with one attached hydrogen (secondary N) is 1. The number of carbonyl (C=O) groups excluding carboxylic acids is 2. The molecule has 0 saturated carbocycles. The van der Waals surface area contributed by atoms with E-state index in [0.29, 0.717) is 40.8 Å². The van der Waals surface area contributed by atoms with Crippen molar-refractivity contribution in [2.45, 2.75) is 25.8 Å². The van der Waals surface area contributed by atoms with Crippen LogP contribution in [0, 0.1) is 11.8 Å². The number of aromatic nitrogens is 4. The maximum Gasteiger partial charge on any atom is 0.394 e. The minimum Gasteiger partial charge on any atom is -0.382 e. The lowest BCUT2D eigenvalue weighted by Gasteiger charge is -2.21. The summed E-state index contributed by atoms with van der Waals surface area (Å²) in [7, 11) is -4.67. The van der Waals surface area contributed by atoms with Gasteiger partial charge < -0.3 is 16.0 Å². The summed E-state index contributed by atoms with van der Waals surface area (Å²) in [5.74, 6) is 6.39. The van der Waals surface area contributed by atoms with E-state index in [1.54, 1.807) is 60.7 Å². The zero-order valence-electron chi connectivity index (χ0n) is 21.2. The van der Waals surface area contributed by atoms with Gasteiger partial charge in [-0.25, -0.2) is 15.0 Å². The van der Waals surface area contributed by atoms with Crippen molar-refractivity contribution in [3.8, 4) is 23.1 Å². The Kier molecular flexibility index (Phi) is 8.39. The highest BCUT2D eigenvalue weighted by atomic mass is 32.3. The number of hydrogen-bond donors (Lipinski definition) is 4. The molecule has 40 heavy (non-hydrogen) atoms. The third-order valence-electron chi connectivity index (χ3n) is 5.98. The second-order valence-electron chi connectivity index (χ2n) is 8.58. The molecule has 3 aromatic heterocycles. The highest BCUT2D eigenvalue weighted by Gasteiger charge is 2.33. The van der Waals surface area contributed by atoms with Gasteiger partial charge in [0.1, 0.15) is 28.7 Å². The van der Waals surface area contributed by atoms with Gasteiger partial charge in [-0.2, -0.15) is 8.42 Å². The van der Waals surface area contributed by atoms with Crippen LogP contribution in [-0.4, -0.2) is 60.1 Å². The molecule has 4 heterocycles. The van der Waals surface area contributed by atoms with Crippen molar-refractivity contribution in [2.24, 2.45) is 0 Å². The second-order valence-corrected chi connectivity index (χ2v) is 9.47. The van der Waals surface area contributed by atoms with E-state index in [9.17, 15) is 9.59 Å². The van der Waals surface area contributed by atoms with Crippen LogP contribution in [0.4, 0.5) is 11.6 Å². The molecule has 0 aliphatic carbocycles. The molecule has 0 unspecified atom stereocenters. The Labute approximate surface area is 229 Å². The van der Waals surface area contributed by atoms with Crippen LogP contribution in [0.3, 0.4) is 0 Å². The zero-order valence-corrected chi connectivity index (χ0v) is 22.0. The van der Waals surface area contributed by atoms with E-state index in [-0.39, 0.29) is 17.9 Å². The topological polar surface area (TPSA) is 193 Å². The molecule has 0 radical (unpaired) electrons. The molecule has 5 rings (SSSR count). The minimum absolute atomic E-state index is 0.210. The highest BCUT2D eigenvalue weighted by Crippen LogP contribution is 2.36. The summed E-state index contributed by atoms with van der Waals surface area (Å²) in [6.07, 6.45) is 6.69. The fourth-order valence-electron chi connectivity index (χ4n) is 4.39. The summed E-state index contributed by atoms with van der Waals surface area (Å²) in [4.78, 5) is 40.3. The van der Waals surface area contributed by atoms with E-state index in [1.807, 2.05) is 16.5 Å². The van der Waals surface area contributed by atoms with Crippen LogP contribution >= 0.6 is 0 Å². The third kappa shape index (κ3) is 6.59. The van der Waals surface area contributed by atoms with E-state index in [0.717, 1.165) is 18.4 Å². The lowest BCUT2D eigenvalue weighted by molar-refractivity contribution is -0.126. The molecular formula is C26H25N7O6S.